The molecule has 0 aliphatic heterocycles. The predicted octanol–water partition coefficient (Wildman–Crippen LogP) is 4.25. The van der Waals surface area contributed by atoms with Crippen LogP contribution >= 0.6 is 11.6 Å². The molecule has 0 heterocycles. The van der Waals surface area contributed by atoms with E-state index < -0.39 is 0 Å². The van der Waals surface area contributed by atoms with E-state index in [1.807, 2.05) is 0 Å². The highest BCUT2D eigenvalue weighted by atomic mass is 35.5. The lowest BCUT2D eigenvalue weighted by Crippen LogP contribution is -2.04. The van der Waals surface area contributed by atoms with Crippen molar-refractivity contribution >= 4 is 11.6 Å². The van der Waals surface area contributed by atoms with Crippen LogP contribution in [0.2, 0.25) is 0 Å². The fourth-order valence-electron chi connectivity index (χ4n) is 2.06. The minimum Gasteiger partial charge on any atom is -0.123 e. The van der Waals surface area contributed by atoms with Crippen molar-refractivity contribution in [2.45, 2.75) is 44.9 Å². The number of benzene rings is 1. The Balaban J connectivity index is 1.94. The van der Waals surface area contributed by atoms with Gasteiger partial charge < -0.3 is 0 Å². The van der Waals surface area contributed by atoms with E-state index >= 15 is 0 Å². The van der Waals surface area contributed by atoms with Crippen LogP contribution in [0.4, 0.5) is 0 Å². The first-order valence-electron chi connectivity index (χ1n) is 5.87. The number of halogens is 1. The van der Waals surface area contributed by atoms with E-state index in [1.165, 1.54) is 29.5 Å². The first-order chi connectivity index (χ1) is 7.16. The second-order valence-corrected chi connectivity index (χ2v) is 5.38. The van der Waals surface area contributed by atoms with Gasteiger partial charge in [-0.25, -0.2) is 0 Å². The Hall–Kier alpha value is -0.490. The maximum atomic E-state index is 6.32. The zero-order valence-electron chi connectivity index (χ0n) is 9.59. The molecule has 0 radical (unpaired) electrons. The number of hydrogen-bond acceptors (Lipinski definition) is 0. The molecule has 1 fully saturated rings. The molecule has 1 saturated carbocycles. The van der Waals surface area contributed by atoms with E-state index in [-0.39, 0.29) is 0 Å². The van der Waals surface area contributed by atoms with E-state index in [0.29, 0.717) is 5.38 Å². The lowest BCUT2D eigenvalue weighted by atomic mass is 9.99. The van der Waals surface area contributed by atoms with Crippen LogP contribution in [-0.4, -0.2) is 5.38 Å². The summed E-state index contributed by atoms with van der Waals surface area (Å²) in [6.07, 6.45) is 4.97. The van der Waals surface area contributed by atoms with Gasteiger partial charge >= 0.3 is 0 Å². The maximum absolute atomic E-state index is 6.32. The molecule has 0 spiro atoms. The Morgan fingerprint density at radius 2 is 2.07 bits per heavy atom. The third kappa shape index (κ3) is 2.98. The highest BCUT2D eigenvalue weighted by molar-refractivity contribution is 6.20. The van der Waals surface area contributed by atoms with E-state index in [4.69, 9.17) is 11.6 Å². The van der Waals surface area contributed by atoms with Gasteiger partial charge in [0.05, 0.1) is 0 Å². The second-order valence-electron chi connectivity index (χ2n) is 4.82. The van der Waals surface area contributed by atoms with Crippen molar-refractivity contribution in [2.24, 2.45) is 5.92 Å². The third-order valence-corrected chi connectivity index (χ3v) is 3.90. The molecule has 2 rings (SSSR count). The van der Waals surface area contributed by atoms with Crippen molar-refractivity contribution in [2.75, 3.05) is 0 Å². The zero-order chi connectivity index (χ0) is 10.8. The fourth-order valence-corrected chi connectivity index (χ4v) is 2.42. The molecule has 0 N–H and O–H groups in total. The van der Waals surface area contributed by atoms with E-state index in [9.17, 15) is 0 Å². The zero-order valence-corrected chi connectivity index (χ0v) is 10.3. The average molecular weight is 223 g/mol. The molecule has 1 aromatic carbocycles. The molecular formula is C14H19Cl. The summed E-state index contributed by atoms with van der Waals surface area (Å²) in [5, 5.41) is 0.407. The van der Waals surface area contributed by atoms with Crippen molar-refractivity contribution in [3.8, 4) is 0 Å². The van der Waals surface area contributed by atoms with Crippen LogP contribution in [0.15, 0.2) is 18.2 Å². The Bertz CT molecular complexity index is 339. The van der Waals surface area contributed by atoms with Crippen molar-refractivity contribution in [3.05, 3.63) is 34.9 Å². The lowest BCUT2D eigenvalue weighted by Gasteiger charge is -2.10. The van der Waals surface area contributed by atoms with Gasteiger partial charge in [-0.1, -0.05) is 23.8 Å². The number of hydrogen-bond donors (Lipinski definition) is 0. The minimum absolute atomic E-state index is 0.407. The van der Waals surface area contributed by atoms with Gasteiger partial charge in [0, 0.05) is 5.38 Å². The standard InChI is InChI=1S/C14H19Cl/c1-10-3-4-11(2)13(9-10)7-8-14(15)12-5-6-12/h3-4,9,12,14H,5-8H2,1-2H3. The highest BCUT2D eigenvalue weighted by Crippen LogP contribution is 2.37. The summed E-state index contributed by atoms with van der Waals surface area (Å²) in [5.74, 6) is 0.816. The van der Waals surface area contributed by atoms with Crippen LogP contribution in [0.5, 0.6) is 0 Å². The summed E-state index contributed by atoms with van der Waals surface area (Å²) in [5.41, 5.74) is 4.23. The second kappa shape index (κ2) is 4.57. The first kappa shape index (κ1) is 11.0. The fraction of sp³-hybridized carbons (Fsp3) is 0.571. The van der Waals surface area contributed by atoms with Crippen LogP contribution in [0, 0.1) is 19.8 Å². The summed E-state index contributed by atoms with van der Waals surface area (Å²) in [4.78, 5) is 0. The van der Waals surface area contributed by atoms with Crippen LogP contribution in [0.3, 0.4) is 0 Å². The van der Waals surface area contributed by atoms with Crippen molar-refractivity contribution in [1.82, 2.24) is 0 Å². The van der Waals surface area contributed by atoms with E-state index in [0.717, 1.165) is 18.8 Å². The highest BCUT2D eigenvalue weighted by Gasteiger charge is 2.29. The molecule has 1 heteroatoms. The quantitative estimate of drug-likeness (QED) is 0.668. The molecule has 82 valence electrons. The summed E-state index contributed by atoms with van der Waals surface area (Å²) in [6, 6.07) is 6.69. The monoisotopic (exact) mass is 222 g/mol. The molecular weight excluding hydrogens is 204 g/mol. The molecule has 0 amide bonds. The van der Waals surface area contributed by atoms with Crippen molar-refractivity contribution in [1.29, 1.82) is 0 Å². The van der Waals surface area contributed by atoms with Gasteiger partial charge in [-0.05, 0) is 56.6 Å². The Labute approximate surface area is 97.6 Å². The Morgan fingerprint density at radius 3 is 2.73 bits per heavy atom. The number of alkyl halides is 1. The van der Waals surface area contributed by atoms with E-state index in [1.54, 1.807) is 0 Å². The Morgan fingerprint density at radius 1 is 1.33 bits per heavy atom. The maximum Gasteiger partial charge on any atom is 0.0367 e. The number of rotatable bonds is 4. The SMILES string of the molecule is Cc1ccc(C)c(CCC(Cl)C2CC2)c1. The summed E-state index contributed by atoms with van der Waals surface area (Å²) in [7, 11) is 0. The van der Waals surface area contributed by atoms with Gasteiger partial charge in [0.1, 0.15) is 0 Å². The molecule has 0 aromatic heterocycles. The molecule has 1 atom stereocenters. The molecule has 0 saturated heterocycles. The van der Waals surface area contributed by atoms with Gasteiger partial charge in [-0.3, -0.25) is 0 Å². The normalized spacial score (nSPS) is 17.8. The summed E-state index contributed by atoms with van der Waals surface area (Å²) >= 11 is 6.32. The molecule has 0 nitrogen and oxygen atoms in total. The third-order valence-electron chi connectivity index (χ3n) is 3.33. The smallest absolute Gasteiger partial charge is 0.0367 e. The van der Waals surface area contributed by atoms with Gasteiger partial charge in [0.25, 0.3) is 0 Å². The average Bonchev–Trinajstić information content (AvgIpc) is 3.02. The van der Waals surface area contributed by atoms with Gasteiger partial charge in [0.15, 0.2) is 0 Å². The largest absolute Gasteiger partial charge is 0.123 e. The molecule has 1 unspecified atom stereocenters. The van der Waals surface area contributed by atoms with Crippen LogP contribution in [-0.2, 0) is 6.42 Å². The molecule has 1 aliphatic carbocycles. The van der Waals surface area contributed by atoms with E-state index in [2.05, 4.69) is 32.0 Å². The summed E-state index contributed by atoms with van der Waals surface area (Å²) in [6.45, 7) is 4.34. The van der Waals surface area contributed by atoms with Gasteiger partial charge in [0.2, 0.25) is 0 Å². The van der Waals surface area contributed by atoms with Gasteiger partial charge in [-0.15, -0.1) is 11.6 Å². The summed E-state index contributed by atoms with van der Waals surface area (Å²) < 4.78 is 0. The molecule has 0 bridgehead atoms. The Kier molecular flexibility index (Phi) is 3.35. The van der Waals surface area contributed by atoms with Crippen LogP contribution in [0.1, 0.15) is 36.0 Å². The molecule has 1 aliphatic rings. The van der Waals surface area contributed by atoms with Crippen LogP contribution < -0.4 is 0 Å². The minimum atomic E-state index is 0.407. The lowest BCUT2D eigenvalue weighted by molar-refractivity contribution is 0.675. The van der Waals surface area contributed by atoms with Gasteiger partial charge in [-0.2, -0.15) is 0 Å². The molecule has 15 heavy (non-hydrogen) atoms. The van der Waals surface area contributed by atoms with Crippen molar-refractivity contribution < 1.29 is 0 Å². The number of aryl methyl sites for hydroxylation is 3. The van der Waals surface area contributed by atoms with Crippen molar-refractivity contribution in [3.63, 3.8) is 0 Å². The molecule has 1 aromatic rings. The van der Waals surface area contributed by atoms with Crippen LogP contribution in [0.25, 0.3) is 0 Å². The predicted molar refractivity (Wildman–Crippen MR) is 66.6 cm³/mol. The topological polar surface area (TPSA) is 0 Å². The first-order valence-corrected chi connectivity index (χ1v) is 6.30.